The molecule has 0 spiro atoms. The van der Waals surface area contributed by atoms with Crippen LogP contribution in [0.5, 0.6) is 0 Å². The Balaban J connectivity index is 1.64. The topological polar surface area (TPSA) is 37.3 Å². The minimum atomic E-state index is -0.0726. The van der Waals surface area contributed by atoms with E-state index in [0.717, 1.165) is 43.9 Å². The smallest absolute Gasteiger partial charge is 0.139 e. The molecule has 4 aliphatic rings. The second-order valence-corrected chi connectivity index (χ2v) is 9.75. The molecule has 130 valence electrons. The van der Waals surface area contributed by atoms with Crippen LogP contribution in [0.3, 0.4) is 0 Å². The SMILES string of the molecule is CCC1C[C@@]2(C)C(CC[C@@H]3[C@H]2CC[C@]2(C)C(=O)CC[C@@H]32)CC1O. The van der Waals surface area contributed by atoms with Crippen LogP contribution >= 0.6 is 0 Å². The van der Waals surface area contributed by atoms with Gasteiger partial charge in [0.05, 0.1) is 6.10 Å². The number of aliphatic hydroxyl groups is 1. The van der Waals surface area contributed by atoms with E-state index in [2.05, 4.69) is 20.8 Å². The maximum Gasteiger partial charge on any atom is 0.139 e. The first kappa shape index (κ1) is 16.1. The molecule has 4 rings (SSSR count). The summed E-state index contributed by atoms with van der Waals surface area (Å²) in [7, 11) is 0. The van der Waals surface area contributed by atoms with Gasteiger partial charge in [-0.2, -0.15) is 0 Å². The van der Waals surface area contributed by atoms with Crippen LogP contribution in [0.4, 0.5) is 0 Å². The van der Waals surface area contributed by atoms with Crippen molar-refractivity contribution in [2.24, 2.45) is 40.4 Å². The van der Waals surface area contributed by atoms with E-state index >= 15 is 0 Å². The van der Waals surface area contributed by atoms with Crippen LogP contribution in [0.25, 0.3) is 0 Å². The highest BCUT2D eigenvalue weighted by atomic mass is 16.3. The van der Waals surface area contributed by atoms with Crippen molar-refractivity contribution >= 4 is 5.78 Å². The maximum absolute atomic E-state index is 12.5. The lowest BCUT2D eigenvalue weighted by Crippen LogP contribution is -2.55. The molecule has 0 aromatic carbocycles. The number of fused-ring (bicyclic) bond motifs is 5. The monoisotopic (exact) mass is 318 g/mol. The minimum Gasteiger partial charge on any atom is -0.393 e. The first-order valence-electron chi connectivity index (χ1n) is 10.1. The first-order chi connectivity index (χ1) is 10.9. The standard InChI is InChI=1S/C21H34O2/c1-4-13-12-21(3)14(11-18(13)22)5-6-15-16-7-8-19(23)20(16,2)10-9-17(15)21/h13-18,22H,4-12H2,1-3H3/t13?,14?,15-,16-,17+,18?,20-,21-/m0/s1. The summed E-state index contributed by atoms with van der Waals surface area (Å²) in [6, 6.07) is 0. The van der Waals surface area contributed by atoms with E-state index in [1.807, 2.05) is 0 Å². The number of hydrogen-bond donors (Lipinski definition) is 1. The summed E-state index contributed by atoms with van der Waals surface area (Å²) in [5, 5.41) is 10.5. The van der Waals surface area contributed by atoms with Crippen molar-refractivity contribution < 1.29 is 9.90 Å². The Labute approximate surface area is 141 Å². The average molecular weight is 319 g/mol. The summed E-state index contributed by atoms with van der Waals surface area (Å²) in [5.41, 5.74) is 0.415. The molecule has 0 aliphatic heterocycles. The number of ketones is 1. The van der Waals surface area contributed by atoms with Gasteiger partial charge < -0.3 is 5.11 Å². The fourth-order valence-corrected chi connectivity index (χ4v) is 7.61. The van der Waals surface area contributed by atoms with E-state index in [4.69, 9.17) is 0 Å². The van der Waals surface area contributed by atoms with Gasteiger partial charge in [0.1, 0.15) is 5.78 Å². The lowest BCUT2D eigenvalue weighted by molar-refractivity contribution is -0.149. The van der Waals surface area contributed by atoms with Crippen LogP contribution in [-0.4, -0.2) is 17.0 Å². The van der Waals surface area contributed by atoms with Gasteiger partial charge in [-0.05, 0) is 80.0 Å². The molecule has 3 unspecified atom stereocenters. The Morgan fingerprint density at radius 3 is 2.65 bits per heavy atom. The zero-order valence-corrected chi connectivity index (χ0v) is 15.2. The number of rotatable bonds is 1. The van der Waals surface area contributed by atoms with Crippen molar-refractivity contribution in [3.05, 3.63) is 0 Å². The van der Waals surface area contributed by atoms with Crippen LogP contribution in [0.2, 0.25) is 0 Å². The highest BCUT2D eigenvalue weighted by molar-refractivity contribution is 5.87. The van der Waals surface area contributed by atoms with Crippen LogP contribution in [-0.2, 0) is 4.79 Å². The van der Waals surface area contributed by atoms with Gasteiger partial charge in [-0.3, -0.25) is 4.79 Å². The fourth-order valence-electron chi connectivity index (χ4n) is 7.61. The summed E-state index contributed by atoms with van der Waals surface area (Å²) in [6.45, 7) is 7.06. The summed E-state index contributed by atoms with van der Waals surface area (Å²) < 4.78 is 0. The third kappa shape index (κ3) is 2.12. The van der Waals surface area contributed by atoms with E-state index in [0.29, 0.717) is 29.0 Å². The molecule has 0 radical (unpaired) electrons. The van der Waals surface area contributed by atoms with Crippen LogP contribution in [0.1, 0.15) is 78.6 Å². The molecule has 4 aliphatic carbocycles. The number of carbonyl (C=O) groups is 1. The average Bonchev–Trinajstić information content (AvgIpc) is 2.83. The molecule has 4 saturated carbocycles. The first-order valence-corrected chi connectivity index (χ1v) is 10.1. The molecular weight excluding hydrogens is 284 g/mol. The van der Waals surface area contributed by atoms with E-state index < -0.39 is 0 Å². The zero-order valence-electron chi connectivity index (χ0n) is 15.2. The van der Waals surface area contributed by atoms with Crippen LogP contribution in [0.15, 0.2) is 0 Å². The molecule has 2 heteroatoms. The predicted octanol–water partition coefficient (Wildman–Crippen LogP) is 4.60. The quantitative estimate of drug-likeness (QED) is 0.767. The normalized spacial score (nSPS) is 55.9. The molecule has 0 saturated heterocycles. The van der Waals surface area contributed by atoms with Gasteiger partial charge in [0.25, 0.3) is 0 Å². The van der Waals surface area contributed by atoms with Gasteiger partial charge in [0, 0.05) is 11.8 Å². The third-order valence-corrected chi connectivity index (χ3v) is 9.07. The van der Waals surface area contributed by atoms with Gasteiger partial charge in [-0.15, -0.1) is 0 Å². The molecule has 0 heterocycles. The Morgan fingerprint density at radius 1 is 1.13 bits per heavy atom. The molecule has 0 aromatic heterocycles. The summed E-state index contributed by atoms with van der Waals surface area (Å²) in [5.74, 6) is 3.98. The van der Waals surface area contributed by atoms with E-state index in [1.54, 1.807) is 0 Å². The Kier molecular flexibility index (Phi) is 3.72. The van der Waals surface area contributed by atoms with E-state index in [9.17, 15) is 9.90 Å². The highest BCUT2D eigenvalue weighted by Gasteiger charge is 2.60. The van der Waals surface area contributed by atoms with Crippen molar-refractivity contribution in [3.8, 4) is 0 Å². The van der Waals surface area contributed by atoms with Gasteiger partial charge in [-0.25, -0.2) is 0 Å². The Hall–Kier alpha value is -0.370. The van der Waals surface area contributed by atoms with Gasteiger partial charge >= 0.3 is 0 Å². The predicted molar refractivity (Wildman–Crippen MR) is 91.9 cm³/mol. The molecule has 0 amide bonds. The molecule has 4 fully saturated rings. The molecule has 0 aromatic rings. The fraction of sp³-hybridized carbons (Fsp3) is 0.952. The van der Waals surface area contributed by atoms with Gasteiger partial charge in [0.2, 0.25) is 0 Å². The lowest BCUT2D eigenvalue weighted by Gasteiger charge is -2.61. The van der Waals surface area contributed by atoms with Crippen molar-refractivity contribution in [1.82, 2.24) is 0 Å². The van der Waals surface area contributed by atoms with Crippen LogP contribution < -0.4 is 0 Å². The molecule has 23 heavy (non-hydrogen) atoms. The highest BCUT2D eigenvalue weighted by Crippen LogP contribution is 2.66. The molecule has 2 nitrogen and oxygen atoms in total. The van der Waals surface area contributed by atoms with Gasteiger partial charge in [0.15, 0.2) is 0 Å². The number of hydrogen-bond acceptors (Lipinski definition) is 2. The number of carbonyl (C=O) groups excluding carboxylic acids is 1. The van der Waals surface area contributed by atoms with Crippen molar-refractivity contribution in [2.75, 3.05) is 0 Å². The number of aliphatic hydroxyl groups excluding tert-OH is 1. The minimum absolute atomic E-state index is 0.00268. The maximum atomic E-state index is 12.5. The summed E-state index contributed by atoms with van der Waals surface area (Å²) >= 11 is 0. The summed E-state index contributed by atoms with van der Waals surface area (Å²) in [6.07, 6.45) is 10.2. The Morgan fingerprint density at radius 2 is 1.91 bits per heavy atom. The second-order valence-electron chi connectivity index (χ2n) is 9.75. The molecular formula is C21H34O2. The van der Waals surface area contributed by atoms with Gasteiger partial charge in [-0.1, -0.05) is 27.2 Å². The van der Waals surface area contributed by atoms with Crippen LogP contribution in [0, 0.1) is 40.4 Å². The van der Waals surface area contributed by atoms with E-state index in [1.165, 1.54) is 25.7 Å². The van der Waals surface area contributed by atoms with Crippen molar-refractivity contribution in [2.45, 2.75) is 84.7 Å². The van der Waals surface area contributed by atoms with E-state index in [-0.39, 0.29) is 11.5 Å². The lowest BCUT2D eigenvalue weighted by atomic mass is 9.44. The van der Waals surface area contributed by atoms with Crippen molar-refractivity contribution in [3.63, 3.8) is 0 Å². The second kappa shape index (κ2) is 5.31. The third-order valence-electron chi connectivity index (χ3n) is 9.07. The molecule has 8 atom stereocenters. The molecule has 1 N–H and O–H groups in total. The molecule has 0 bridgehead atoms. The summed E-state index contributed by atoms with van der Waals surface area (Å²) in [4.78, 5) is 12.5. The largest absolute Gasteiger partial charge is 0.393 e. The zero-order chi connectivity index (χ0) is 16.4. The number of Topliss-reactive ketones (excluding diaryl/α,β-unsaturated/α-hetero) is 1. The van der Waals surface area contributed by atoms with Crippen molar-refractivity contribution in [1.29, 1.82) is 0 Å². The Bertz CT molecular complexity index is 500.